The highest BCUT2D eigenvalue weighted by molar-refractivity contribution is 6.35. The molecule has 0 unspecified atom stereocenters. The summed E-state index contributed by atoms with van der Waals surface area (Å²) in [5, 5.41) is 13.4. The third-order valence-corrected chi connectivity index (χ3v) is 3.92. The van der Waals surface area contributed by atoms with E-state index in [-0.39, 0.29) is 5.82 Å². The van der Waals surface area contributed by atoms with Gasteiger partial charge in [-0.25, -0.2) is 14.8 Å². The third kappa shape index (κ3) is 4.33. The van der Waals surface area contributed by atoms with Gasteiger partial charge in [-0.1, -0.05) is 36.2 Å². The number of carboxylic acids is 1. The summed E-state index contributed by atoms with van der Waals surface area (Å²) in [5.74, 6) is -0.835. The molecule has 0 atom stereocenters. The molecule has 2 N–H and O–H groups in total. The zero-order chi connectivity index (χ0) is 17.0. The Labute approximate surface area is 144 Å². The van der Waals surface area contributed by atoms with E-state index >= 15 is 0 Å². The highest BCUT2D eigenvalue weighted by atomic mass is 35.5. The monoisotopic (exact) mass is 353 g/mol. The van der Waals surface area contributed by atoms with Crippen LogP contribution in [0.1, 0.15) is 40.8 Å². The molecule has 1 heterocycles. The minimum atomic E-state index is -1.15. The van der Waals surface area contributed by atoms with Crippen LogP contribution in [0.15, 0.2) is 18.2 Å². The minimum Gasteiger partial charge on any atom is -0.475 e. The molecule has 0 saturated carbocycles. The molecule has 5 nitrogen and oxygen atoms in total. The van der Waals surface area contributed by atoms with Gasteiger partial charge in [0.25, 0.3) is 0 Å². The van der Waals surface area contributed by atoms with E-state index < -0.39 is 5.97 Å². The molecule has 23 heavy (non-hydrogen) atoms. The Balaban J connectivity index is 2.44. The molecule has 0 aliphatic carbocycles. The maximum absolute atomic E-state index is 11.2. The number of aromatic nitrogens is 2. The molecular formula is C16H17Cl2N3O2. The van der Waals surface area contributed by atoms with Gasteiger partial charge in [0.2, 0.25) is 5.82 Å². The first kappa shape index (κ1) is 17.5. The quantitative estimate of drug-likeness (QED) is 0.813. The Kier molecular flexibility index (Phi) is 5.80. The number of anilines is 1. The van der Waals surface area contributed by atoms with Crippen molar-refractivity contribution in [3.63, 3.8) is 0 Å². The van der Waals surface area contributed by atoms with Crippen LogP contribution in [0, 0.1) is 6.92 Å². The fourth-order valence-corrected chi connectivity index (χ4v) is 2.62. The van der Waals surface area contributed by atoms with Crippen molar-refractivity contribution in [2.24, 2.45) is 0 Å². The van der Waals surface area contributed by atoms with Crippen molar-refractivity contribution < 1.29 is 9.90 Å². The zero-order valence-electron chi connectivity index (χ0n) is 12.9. The van der Waals surface area contributed by atoms with Crippen molar-refractivity contribution in [1.82, 2.24) is 9.97 Å². The third-order valence-electron chi connectivity index (χ3n) is 3.33. The lowest BCUT2D eigenvalue weighted by Gasteiger charge is -2.14. The molecule has 1 aromatic heterocycles. The van der Waals surface area contributed by atoms with Gasteiger partial charge in [0.1, 0.15) is 5.82 Å². The molecule has 1 aromatic carbocycles. The van der Waals surface area contributed by atoms with E-state index in [0.717, 1.165) is 17.5 Å². The minimum absolute atomic E-state index is 0.216. The molecule has 2 rings (SSSR count). The van der Waals surface area contributed by atoms with Gasteiger partial charge in [-0.3, -0.25) is 0 Å². The van der Waals surface area contributed by atoms with Gasteiger partial charge in [-0.05, 0) is 31.0 Å². The smallest absolute Gasteiger partial charge is 0.374 e. The summed E-state index contributed by atoms with van der Waals surface area (Å²) >= 11 is 12.2. The largest absolute Gasteiger partial charge is 0.475 e. The number of carboxylic acid groups (broad SMARTS) is 1. The van der Waals surface area contributed by atoms with E-state index in [0.29, 0.717) is 34.5 Å². The maximum atomic E-state index is 11.2. The maximum Gasteiger partial charge on any atom is 0.374 e. The Bertz CT molecular complexity index is 736. The first-order chi connectivity index (χ1) is 10.9. The number of aryl methyl sites for hydroxylation is 1. The van der Waals surface area contributed by atoms with Crippen molar-refractivity contribution in [2.75, 3.05) is 11.9 Å². The van der Waals surface area contributed by atoms with E-state index in [2.05, 4.69) is 15.3 Å². The van der Waals surface area contributed by atoms with Crippen LogP contribution in [0.25, 0.3) is 0 Å². The lowest BCUT2D eigenvalue weighted by atomic mass is 10.0. The van der Waals surface area contributed by atoms with Crippen LogP contribution < -0.4 is 5.32 Å². The first-order valence-electron chi connectivity index (χ1n) is 7.21. The van der Waals surface area contributed by atoms with E-state index in [9.17, 15) is 4.79 Å². The van der Waals surface area contributed by atoms with E-state index in [1.807, 2.05) is 13.0 Å². The van der Waals surface area contributed by atoms with Gasteiger partial charge in [0.05, 0.1) is 0 Å². The highest BCUT2D eigenvalue weighted by Gasteiger charge is 2.17. The Hall–Kier alpha value is -1.85. The van der Waals surface area contributed by atoms with Crippen LogP contribution in [0.3, 0.4) is 0 Å². The number of benzene rings is 1. The van der Waals surface area contributed by atoms with E-state index in [1.54, 1.807) is 19.1 Å². The summed E-state index contributed by atoms with van der Waals surface area (Å²) in [6.45, 7) is 4.48. The lowest BCUT2D eigenvalue weighted by Crippen LogP contribution is -2.14. The number of nitrogens with zero attached hydrogens (tertiary/aromatic N) is 2. The molecule has 2 aromatic rings. The molecule has 0 saturated heterocycles. The second-order valence-electron chi connectivity index (χ2n) is 5.10. The van der Waals surface area contributed by atoms with Gasteiger partial charge in [0, 0.05) is 34.3 Å². The average molecular weight is 354 g/mol. The first-order valence-corrected chi connectivity index (χ1v) is 7.96. The van der Waals surface area contributed by atoms with Crippen molar-refractivity contribution >= 4 is 35.0 Å². The molecule has 0 bridgehead atoms. The second-order valence-corrected chi connectivity index (χ2v) is 5.95. The van der Waals surface area contributed by atoms with Crippen LogP contribution in [-0.2, 0) is 6.42 Å². The number of aromatic carboxylic acids is 1. The molecule has 122 valence electrons. The molecule has 0 amide bonds. The Morgan fingerprint density at radius 3 is 2.65 bits per heavy atom. The molecule has 0 fully saturated rings. The normalized spacial score (nSPS) is 10.6. The van der Waals surface area contributed by atoms with Gasteiger partial charge in [0.15, 0.2) is 0 Å². The second kappa shape index (κ2) is 7.62. The topological polar surface area (TPSA) is 75.1 Å². The number of nitrogens with one attached hydrogen (secondary N) is 1. The summed E-state index contributed by atoms with van der Waals surface area (Å²) in [7, 11) is 0. The standard InChI is InChI=1S/C16H17Cl2N3O2/c1-3-6-19-14-12(9(2)20-15(21-14)16(22)23)7-10-4-5-11(17)8-13(10)18/h4-5,8H,3,6-7H2,1-2H3,(H,22,23)(H,19,20,21). The molecule has 7 heteroatoms. The van der Waals surface area contributed by atoms with Crippen LogP contribution in [0.4, 0.5) is 5.82 Å². The molecular weight excluding hydrogens is 337 g/mol. The van der Waals surface area contributed by atoms with E-state index in [1.165, 1.54) is 0 Å². The average Bonchev–Trinajstić information content (AvgIpc) is 2.49. The van der Waals surface area contributed by atoms with Gasteiger partial charge in [-0.2, -0.15) is 0 Å². The summed E-state index contributed by atoms with van der Waals surface area (Å²) < 4.78 is 0. The predicted molar refractivity (Wildman–Crippen MR) is 91.8 cm³/mol. The number of hydrogen-bond acceptors (Lipinski definition) is 4. The fraction of sp³-hybridized carbons (Fsp3) is 0.312. The number of halogens is 2. The molecule has 0 spiro atoms. The fourth-order valence-electron chi connectivity index (χ4n) is 2.15. The van der Waals surface area contributed by atoms with Crippen LogP contribution in [0.2, 0.25) is 10.0 Å². The molecule has 0 aliphatic rings. The van der Waals surface area contributed by atoms with Crippen LogP contribution >= 0.6 is 23.2 Å². The molecule has 0 aliphatic heterocycles. The number of rotatable bonds is 6. The highest BCUT2D eigenvalue weighted by Crippen LogP contribution is 2.27. The van der Waals surface area contributed by atoms with Crippen molar-refractivity contribution in [1.29, 1.82) is 0 Å². The Morgan fingerprint density at radius 1 is 1.30 bits per heavy atom. The molecule has 0 radical (unpaired) electrons. The number of hydrogen-bond donors (Lipinski definition) is 2. The zero-order valence-corrected chi connectivity index (χ0v) is 14.4. The van der Waals surface area contributed by atoms with Gasteiger partial charge in [-0.15, -0.1) is 0 Å². The summed E-state index contributed by atoms with van der Waals surface area (Å²) in [4.78, 5) is 19.3. The summed E-state index contributed by atoms with van der Waals surface area (Å²) in [6, 6.07) is 5.29. The van der Waals surface area contributed by atoms with Crippen molar-refractivity contribution in [2.45, 2.75) is 26.7 Å². The predicted octanol–water partition coefficient (Wildman–Crippen LogP) is 4.20. The van der Waals surface area contributed by atoms with E-state index in [4.69, 9.17) is 28.3 Å². The lowest BCUT2D eigenvalue weighted by molar-refractivity contribution is 0.0683. The van der Waals surface area contributed by atoms with Gasteiger partial charge >= 0.3 is 5.97 Å². The van der Waals surface area contributed by atoms with Crippen molar-refractivity contribution in [3.8, 4) is 0 Å². The summed E-state index contributed by atoms with van der Waals surface area (Å²) in [5.41, 5.74) is 2.32. The SMILES string of the molecule is CCCNc1nc(C(=O)O)nc(C)c1Cc1ccc(Cl)cc1Cl. The van der Waals surface area contributed by atoms with Crippen LogP contribution in [0.5, 0.6) is 0 Å². The van der Waals surface area contributed by atoms with Crippen LogP contribution in [-0.4, -0.2) is 27.6 Å². The number of carbonyl (C=O) groups is 1. The van der Waals surface area contributed by atoms with Gasteiger partial charge < -0.3 is 10.4 Å². The summed E-state index contributed by atoms with van der Waals surface area (Å²) in [6.07, 6.45) is 1.39. The Morgan fingerprint density at radius 2 is 2.04 bits per heavy atom. The van der Waals surface area contributed by atoms with Crippen molar-refractivity contribution in [3.05, 3.63) is 50.9 Å².